The van der Waals surface area contributed by atoms with Gasteiger partial charge in [0.25, 0.3) is 0 Å². The lowest BCUT2D eigenvalue weighted by Gasteiger charge is -2.28. The maximum Gasteiger partial charge on any atom is 0.318 e. The Morgan fingerprint density at radius 1 is 1.22 bits per heavy atom. The van der Waals surface area contributed by atoms with Crippen LogP contribution < -0.4 is 5.32 Å². The smallest absolute Gasteiger partial charge is 0.318 e. The Hall–Kier alpha value is -1.06. The third kappa shape index (κ3) is 4.31. The van der Waals surface area contributed by atoms with Gasteiger partial charge in [-0.05, 0) is 39.5 Å². The predicted molar refractivity (Wildman–Crippen MR) is 70.0 cm³/mol. The minimum Gasteiger partial charge on any atom is -0.465 e. The number of ether oxygens (including phenoxy) is 1. The Morgan fingerprint density at radius 3 is 2.39 bits per heavy atom. The molecule has 104 valence electrons. The Kier molecular flexibility index (Phi) is 6.16. The molecule has 0 heterocycles. The summed E-state index contributed by atoms with van der Waals surface area (Å²) in [6, 6.07) is 0.148. The van der Waals surface area contributed by atoms with Gasteiger partial charge in [-0.1, -0.05) is 19.3 Å². The fourth-order valence-corrected chi connectivity index (χ4v) is 2.48. The third-order valence-corrected chi connectivity index (χ3v) is 3.76. The van der Waals surface area contributed by atoms with Crippen LogP contribution in [0, 0.1) is 11.8 Å². The molecule has 2 unspecified atom stereocenters. The highest BCUT2D eigenvalue weighted by Crippen LogP contribution is 2.26. The Labute approximate surface area is 109 Å². The number of amides is 1. The average Bonchev–Trinajstić information content (AvgIpc) is 2.39. The number of hydrogen-bond donors (Lipinski definition) is 1. The molecule has 0 bridgehead atoms. The molecule has 0 saturated heterocycles. The Bertz CT molecular complexity index is 285. The van der Waals surface area contributed by atoms with Crippen LogP contribution in [0.2, 0.25) is 0 Å². The number of carbonyl (C=O) groups excluding carboxylic acids is 2. The first kappa shape index (κ1) is 15.0. The fourth-order valence-electron chi connectivity index (χ4n) is 2.48. The van der Waals surface area contributed by atoms with Crippen molar-refractivity contribution in [2.45, 2.75) is 58.9 Å². The first-order valence-electron chi connectivity index (χ1n) is 7.03. The van der Waals surface area contributed by atoms with Crippen LogP contribution in [0.15, 0.2) is 0 Å². The van der Waals surface area contributed by atoms with Gasteiger partial charge in [-0.25, -0.2) is 0 Å². The van der Waals surface area contributed by atoms with Crippen LogP contribution in [0.5, 0.6) is 0 Å². The van der Waals surface area contributed by atoms with Crippen molar-refractivity contribution in [1.82, 2.24) is 5.32 Å². The van der Waals surface area contributed by atoms with E-state index in [0.29, 0.717) is 12.5 Å². The molecule has 0 spiro atoms. The summed E-state index contributed by atoms with van der Waals surface area (Å²) in [4.78, 5) is 23.4. The van der Waals surface area contributed by atoms with E-state index in [2.05, 4.69) is 5.32 Å². The topological polar surface area (TPSA) is 55.4 Å². The molecule has 0 radical (unpaired) electrons. The molecule has 4 heteroatoms. The van der Waals surface area contributed by atoms with Crippen molar-refractivity contribution in [2.75, 3.05) is 6.61 Å². The van der Waals surface area contributed by atoms with Gasteiger partial charge >= 0.3 is 5.97 Å². The third-order valence-electron chi connectivity index (χ3n) is 3.76. The average molecular weight is 255 g/mol. The van der Waals surface area contributed by atoms with Crippen molar-refractivity contribution in [1.29, 1.82) is 0 Å². The van der Waals surface area contributed by atoms with Gasteiger partial charge in [0.05, 0.1) is 6.61 Å². The van der Waals surface area contributed by atoms with Crippen LogP contribution in [0.1, 0.15) is 52.9 Å². The highest BCUT2D eigenvalue weighted by Gasteiger charge is 2.27. The van der Waals surface area contributed by atoms with Crippen LogP contribution in [-0.4, -0.2) is 24.5 Å². The summed E-state index contributed by atoms with van der Waals surface area (Å²) in [6.07, 6.45) is 6.15. The molecule has 1 saturated carbocycles. The SMILES string of the molecule is CCOC(=O)C(C)C(=O)NC(C)C1CCCCC1. The molecule has 1 aliphatic carbocycles. The highest BCUT2D eigenvalue weighted by molar-refractivity contribution is 5.97. The van der Waals surface area contributed by atoms with Crippen LogP contribution >= 0.6 is 0 Å². The van der Waals surface area contributed by atoms with E-state index in [4.69, 9.17) is 4.74 Å². The Morgan fingerprint density at radius 2 is 1.83 bits per heavy atom. The van der Waals surface area contributed by atoms with E-state index in [-0.39, 0.29) is 11.9 Å². The molecule has 2 atom stereocenters. The standard InChI is InChI=1S/C14H25NO3/c1-4-18-14(17)10(2)13(16)15-11(3)12-8-6-5-7-9-12/h10-12H,4-9H2,1-3H3,(H,15,16). The number of rotatable bonds is 5. The summed E-state index contributed by atoms with van der Waals surface area (Å²) in [5.41, 5.74) is 0. The van der Waals surface area contributed by atoms with E-state index >= 15 is 0 Å². The number of nitrogens with one attached hydrogen (secondary N) is 1. The molecular weight excluding hydrogens is 230 g/mol. The van der Waals surface area contributed by atoms with Gasteiger partial charge in [-0.2, -0.15) is 0 Å². The molecule has 0 aliphatic heterocycles. The minimum atomic E-state index is -0.712. The summed E-state index contributed by atoms with van der Waals surface area (Å²) >= 11 is 0. The van der Waals surface area contributed by atoms with Gasteiger partial charge in [0.2, 0.25) is 5.91 Å². The fraction of sp³-hybridized carbons (Fsp3) is 0.857. The summed E-state index contributed by atoms with van der Waals surface area (Å²) < 4.78 is 4.85. The lowest BCUT2D eigenvalue weighted by molar-refractivity contribution is -0.151. The van der Waals surface area contributed by atoms with E-state index in [0.717, 1.165) is 0 Å². The maximum absolute atomic E-state index is 11.9. The molecule has 1 fully saturated rings. The second-order valence-corrected chi connectivity index (χ2v) is 5.17. The molecule has 1 amide bonds. The van der Waals surface area contributed by atoms with Crippen LogP contribution in [0.3, 0.4) is 0 Å². The monoisotopic (exact) mass is 255 g/mol. The van der Waals surface area contributed by atoms with Crippen molar-refractivity contribution in [2.24, 2.45) is 11.8 Å². The Balaban J connectivity index is 2.40. The van der Waals surface area contributed by atoms with Crippen molar-refractivity contribution < 1.29 is 14.3 Å². The van der Waals surface area contributed by atoms with Crippen LogP contribution in [-0.2, 0) is 14.3 Å². The van der Waals surface area contributed by atoms with Crippen LogP contribution in [0.4, 0.5) is 0 Å². The first-order chi connectivity index (χ1) is 8.56. The predicted octanol–water partition coefficient (Wildman–Crippen LogP) is 2.27. The van der Waals surface area contributed by atoms with Gasteiger partial charge < -0.3 is 10.1 Å². The molecule has 0 aromatic heterocycles. The molecule has 1 aliphatic rings. The molecule has 1 N–H and O–H groups in total. The van der Waals surface area contributed by atoms with Crippen molar-refractivity contribution in [3.8, 4) is 0 Å². The normalized spacial score (nSPS) is 19.9. The van der Waals surface area contributed by atoms with E-state index in [1.165, 1.54) is 32.1 Å². The lowest BCUT2D eigenvalue weighted by atomic mass is 9.84. The first-order valence-corrected chi connectivity index (χ1v) is 7.03. The second kappa shape index (κ2) is 7.39. The van der Waals surface area contributed by atoms with Crippen LogP contribution in [0.25, 0.3) is 0 Å². The van der Waals surface area contributed by atoms with E-state index in [9.17, 15) is 9.59 Å². The molecule has 0 aromatic carbocycles. The van der Waals surface area contributed by atoms with E-state index in [1.54, 1.807) is 13.8 Å². The zero-order chi connectivity index (χ0) is 13.5. The maximum atomic E-state index is 11.9. The quantitative estimate of drug-likeness (QED) is 0.605. The number of hydrogen-bond acceptors (Lipinski definition) is 3. The summed E-state index contributed by atoms with van der Waals surface area (Å²) in [7, 11) is 0. The van der Waals surface area contributed by atoms with Gasteiger partial charge in [-0.3, -0.25) is 9.59 Å². The summed E-state index contributed by atoms with van der Waals surface area (Å²) in [6.45, 7) is 5.69. The summed E-state index contributed by atoms with van der Waals surface area (Å²) in [5, 5.41) is 2.95. The molecule has 0 aromatic rings. The van der Waals surface area contributed by atoms with Gasteiger partial charge in [0, 0.05) is 6.04 Å². The van der Waals surface area contributed by atoms with Gasteiger partial charge in [0.15, 0.2) is 0 Å². The summed E-state index contributed by atoms with van der Waals surface area (Å²) in [5.74, 6) is -0.814. The molecule has 18 heavy (non-hydrogen) atoms. The van der Waals surface area contributed by atoms with Gasteiger partial charge in [-0.15, -0.1) is 0 Å². The molecule has 4 nitrogen and oxygen atoms in total. The van der Waals surface area contributed by atoms with E-state index < -0.39 is 11.9 Å². The second-order valence-electron chi connectivity index (χ2n) is 5.17. The van der Waals surface area contributed by atoms with Crippen molar-refractivity contribution in [3.63, 3.8) is 0 Å². The molecular formula is C14H25NO3. The van der Waals surface area contributed by atoms with Crippen molar-refractivity contribution >= 4 is 11.9 Å². The zero-order valence-corrected chi connectivity index (χ0v) is 11.7. The highest BCUT2D eigenvalue weighted by atomic mass is 16.5. The minimum absolute atomic E-state index is 0.148. The number of carbonyl (C=O) groups is 2. The zero-order valence-electron chi connectivity index (χ0n) is 11.7. The van der Waals surface area contributed by atoms with Gasteiger partial charge in [0.1, 0.15) is 5.92 Å². The molecule has 1 rings (SSSR count). The largest absolute Gasteiger partial charge is 0.465 e. The lowest BCUT2D eigenvalue weighted by Crippen LogP contribution is -2.43. The number of esters is 1. The van der Waals surface area contributed by atoms with Crippen molar-refractivity contribution in [3.05, 3.63) is 0 Å². The van der Waals surface area contributed by atoms with E-state index in [1.807, 2.05) is 6.92 Å².